The van der Waals surface area contributed by atoms with Crippen molar-refractivity contribution in [2.24, 2.45) is 0 Å². The number of fused-ring (bicyclic) bond motifs is 1. The third-order valence-electron chi connectivity index (χ3n) is 3.48. The summed E-state index contributed by atoms with van der Waals surface area (Å²) in [7, 11) is 0. The van der Waals surface area contributed by atoms with Crippen LogP contribution in [0.3, 0.4) is 0 Å². The van der Waals surface area contributed by atoms with E-state index in [2.05, 4.69) is 10.9 Å². The molecule has 0 spiro atoms. The van der Waals surface area contributed by atoms with Crippen LogP contribution in [-0.2, 0) is 11.3 Å². The highest BCUT2D eigenvalue weighted by atomic mass is 16.4. The standard InChI is InChI=1S/C16H15N3O5/c1-9-7-11(10(2)23-9)15(21)18-17-14(20)8-19-12-5-3-4-6-13(12)24-16(19)22/h3-7H,8H2,1-2H3,(H,17,20)(H,18,21). The van der Waals surface area contributed by atoms with Crippen LogP contribution in [0.15, 0.2) is 44.0 Å². The molecule has 3 rings (SSSR count). The summed E-state index contributed by atoms with van der Waals surface area (Å²) in [6, 6.07) is 8.34. The normalized spacial score (nSPS) is 10.8. The number of hydrazine groups is 1. The van der Waals surface area contributed by atoms with Gasteiger partial charge in [-0.1, -0.05) is 12.1 Å². The summed E-state index contributed by atoms with van der Waals surface area (Å²) >= 11 is 0. The molecule has 2 aromatic heterocycles. The molecule has 3 aromatic rings. The minimum Gasteiger partial charge on any atom is -0.466 e. The Morgan fingerprint density at radius 1 is 1.12 bits per heavy atom. The fourth-order valence-electron chi connectivity index (χ4n) is 2.40. The van der Waals surface area contributed by atoms with Gasteiger partial charge in [-0.25, -0.2) is 4.79 Å². The number of rotatable bonds is 3. The zero-order valence-electron chi connectivity index (χ0n) is 13.1. The third-order valence-corrected chi connectivity index (χ3v) is 3.48. The first-order valence-electron chi connectivity index (χ1n) is 7.20. The molecule has 1 aromatic carbocycles. The van der Waals surface area contributed by atoms with Crippen molar-refractivity contribution in [2.75, 3.05) is 0 Å². The van der Waals surface area contributed by atoms with E-state index in [9.17, 15) is 14.4 Å². The number of para-hydroxylation sites is 2. The number of aryl methyl sites for hydroxylation is 2. The van der Waals surface area contributed by atoms with Gasteiger partial charge in [-0.15, -0.1) is 0 Å². The van der Waals surface area contributed by atoms with Crippen molar-refractivity contribution < 1.29 is 18.4 Å². The van der Waals surface area contributed by atoms with Crippen molar-refractivity contribution in [1.82, 2.24) is 15.4 Å². The number of hydrogen-bond acceptors (Lipinski definition) is 5. The zero-order valence-corrected chi connectivity index (χ0v) is 13.1. The molecule has 0 radical (unpaired) electrons. The van der Waals surface area contributed by atoms with E-state index < -0.39 is 17.6 Å². The smallest absolute Gasteiger partial charge is 0.420 e. The molecular formula is C16H15N3O5. The molecule has 0 aliphatic carbocycles. The van der Waals surface area contributed by atoms with E-state index in [0.717, 1.165) is 0 Å². The summed E-state index contributed by atoms with van der Waals surface area (Å²) in [6.07, 6.45) is 0. The molecule has 0 aliphatic heterocycles. The topological polar surface area (TPSA) is 106 Å². The molecule has 24 heavy (non-hydrogen) atoms. The fourth-order valence-corrected chi connectivity index (χ4v) is 2.40. The Morgan fingerprint density at radius 2 is 1.88 bits per heavy atom. The van der Waals surface area contributed by atoms with E-state index in [4.69, 9.17) is 8.83 Å². The van der Waals surface area contributed by atoms with Gasteiger partial charge in [-0.3, -0.25) is 25.0 Å². The quantitative estimate of drug-likeness (QED) is 0.704. The average molecular weight is 329 g/mol. The molecular weight excluding hydrogens is 314 g/mol. The molecule has 124 valence electrons. The lowest BCUT2D eigenvalue weighted by molar-refractivity contribution is -0.122. The Balaban J connectivity index is 1.67. The number of benzene rings is 1. The number of furan rings is 1. The summed E-state index contributed by atoms with van der Waals surface area (Å²) in [4.78, 5) is 35.8. The maximum atomic E-state index is 12.0. The largest absolute Gasteiger partial charge is 0.466 e. The first kappa shape index (κ1) is 15.6. The van der Waals surface area contributed by atoms with Crippen LogP contribution in [0.2, 0.25) is 0 Å². The van der Waals surface area contributed by atoms with Gasteiger partial charge in [0, 0.05) is 0 Å². The van der Waals surface area contributed by atoms with Crippen molar-refractivity contribution in [3.05, 3.63) is 58.0 Å². The van der Waals surface area contributed by atoms with Gasteiger partial charge in [-0.2, -0.15) is 0 Å². The predicted molar refractivity (Wildman–Crippen MR) is 84.3 cm³/mol. The lowest BCUT2D eigenvalue weighted by Gasteiger charge is -2.07. The Bertz CT molecular complexity index is 979. The van der Waals surface area contributed by atoms with E-state index >= 15 is 0 Å². The summed E-state index contributed by atoms with van der Waals surface area (Å²) in [5, 5.41) is 0. The second kappa shape index (κ2) is 6.07. The molecule has 0 unspecified atom stereocenters. The Hall–Kier alpha value is -3.29. The number of oxazole rings is 1. The summed E-state index contributed by atoms with van der Waals surface area (Å²) < 4.78 is 11.5. The highest BCUT2D eigenvalue weighted by Crippen LogP contribution is 2.13. The van der Waals surface area contributed by atoms with E-state index in [0.29, 0.717) is 28.2 Å². The lowest BCUT2D eigenvalue weighted by Crippen LogP contribution is -2.44. The lowest BCUT2D eigenvalue weighted by atomic mass is 10.2. The number of nitrogens with one attached hydrogen (secondary N) is 2. The molecule has 0 aliphatic rings. The minimum atomic E-state index is -0.640. The van der Waals surface area contributed by atoms with Gasteiger partial charge in [0.1, 0.15) is 18.1 Å². The molecule has 0 atom stereocenters. The molecule has 2 amide bonds. The molecule has 2 heterocycles. The van der Waals surface area contributed by atoms with Gasteiger partial charge in [0.05, 0.1) is 11.1 Å². The van der Waals surface area contributed by atoms with Crippen LogP contribution >= 0.6 is 0 Å². The van der Waals surface area contributed by atoms with Crippen LogP contribution in [0.1, 0.15) is 21.9 Å². The van der Waals surface area contributed by atoms with Crippen LogP contribution in [0.5, 0.6) is 0 Å². The van der Waals surface area contributed by atoms with E-state index in [1.54, 1.807) is 44.2 Å². The van der Waals surface area contributed by atoms with E-state index in [1.165, 1.54) is 4.57 Å². The second-order valence-corrected chi connectivity index (χ2v) is 5.25. The van der Waals surface area contributed by atoms with Crippen LogP contribution in [0, 0.1) is 13.8 Å². The molecule has 0 saturated heterocycles. The van der Waals surface area contributed by atoms with Gasteiger partial charge < -0.3 is 8.83 Å². The van der Waals surface area contributed by atoms with Crippen LogP contribution in [0.25, 0.3) is 11.1 Å². The third kappa shape index (κ3) is 2.94. The number of nitrogens with zero attached hydrogens (tertiary/aromatic N) is 1. The Labute approximate surface area is 136 Å². The highest BCUT2D eigenvalue weighted by Gasteiger charge is 2.16. The van der Waals surface area contributed by atoms with Crippen molar-refractivity contribution in [3.63, 3.8) is 0 Å². The van der Waals surface area contributed by atoms with Crippen molar-refractivity contribution in [1.29, 1.82) is 0 Å². The average Bonchev–Trinajstić information content (AvgIpc) is 3.04. The van der Waals surface area contributed by atoms with Crippen molar-refractivity contribution in [2.45, 2.75) is 20.4 Å². The van der Waals surface area contributed by atoms with Gasteiger partial charge in [0.2, 0.25) is 0 Å². The molecule has 2 N–H and O–H groups in total. The first-order chi connectivity index (χ1) is 11.5. The molecule has 0 fully saturated rings. The first-order valence-corrected chi connectivity index (χ1v) is 7.20. The summed E-state index contributed by atoms with van der Waals surface area (Å²) in [6.45, 7) is 3.10. The number of carbonyl (C=O) groups is 2. The second-order valence-electron chi connectivity index (χ2n) is 5.25. The highest BCUT2D eigenvalue weighted by molar-refractivity contribution is 5.96. The number of carbonyl (C=O) groups excluding carboxylic acids is 2. The SMILES string of the molecule is Cc1cc(C(=O)NNC(=O)Cn2c(=O)oc3ccccc32)c(C)o1. The molecule has 8 nitrogen and oxygen atoms in total. The summed E-state index contributed by atoms with van der Waals surface area (Å²) in [5.41, 5.74) is 5.78. The number of aromatic nitrogens is 1. The molecule has 0 saturated carbocycles. The zero-order chi connectivity index (χ0) is 17.3. The number of amides is 2. The van der Waals surface area contributed by atoms with Crippen molar-refractivity contribution in [3.8, 4) is 0 Å². The Kier molecular flexibility index (Phi) is 3.95. The molecule has 8 heteroatoms. The Morgan fingerprint density at radius 3 is 2.58 bits per heavy atom. The fraction of sp³-hybridized carbons (Fsp3) is 0.188. The number of hydrogen-bond donors (Lipinski definition) is 2. The monoisotopic (exact) mass is 329 g/mol. The van der Waals surface area contributed by atoms with E-state index in [-0.39, 0.29) is 6.54 Å². The van der Waals surface area contributed by atoms with Gasteiger partial charge in [0.25, 0.3) is 11.8 Å². The van der Waals surface area contributed by atoms with Gasteiger partial charge >= 0.3 is 5.76 Å². The van der Waals surface area contributed by atoms with Crippen LogP contribution in [-0.4, -0.2) is 16.4 Å². The van der Waals surface area contributed by atoms with Gasteiger partial charge in [0.15, 0.2) is 5.58 Å². The summed E-state index contributed by atoms with van der Waals surface area (Å²) in [5.74, 6) is -0.646. The molecule has 0 bridgehead atoms. The maximum absolute atomic E-state index is 12.0. The maximum Gasteiger partial charge on any atom is 0.420 e. The van der Waals surface area contributed by atoms with Gasteiger partial charge in [-0.05, 0) is 32.0 Å². The van der Waals surface area contributed by atoms with E-state index in [1.807, 2.05) is 0 Å². The minimum absolute atomic E-state index is 0.278. The van der Waals surface area contributed by atoms with Crippen LogP contribution in [0.4, 0.5) is 0 Å². The predicted octanol–water partition coefficient (Wildman–Crippen LogP) is 1.27. The van der Waals surface area contributed by atoms with Crippen molar-refractivity contribution >= 4 is 22.9 Å². The van der Waals surface area contributed by atoms with Crippen LogP contribution < -0.4 is 16.6 Å².